The topological polar surface area (TPSA) is 102 Å². The summed E-state index contributed by atoms with van der Waals surface area (Å²) in [4.78, 5) is 27.4. The monoisotopic (exact) mass is 516 g/mol. The first-order valence-corrected chi connectivity index (χ1v) is 13.4. The SMILES string of the molecule is COC(=O)[C@H]1CN(C(=O)C2CCN(S(=O)(=O)c3cc(C(C)C)ccc3OC)CC2)c2ccccc2O1. The van der Waals surface area contributed by atoms with Crippen LogP contribution in [-0.4, -0.2) is 64.6 Å². The quantitative estimate of drug-likeness (QED) is 0.544. The second-order valence-corrected chi connectivity index (χ2v) is 11.2. The normalized spacial score (nSPS) is 18.9. The molecule has 36 heavy (non-hydrogen) atoms. The van der Waals surface area contributed by atoms with Crippen LogP contribution in [0.25, 0.3) is 0 Å². The number of methoxy groups -OCH3 is 2. The molecule has 2 aromatic carbocycles. The number of rotatable bonds is 6. The van der Waals surface area contributed by atoms with Crippen molar-refractivity contribution >= 4 is 27.6 Å². The smallest absolute Gasteiger partial charge is 0.348 e. The zero-order valence-corrected chi connectivity index (χ0v) is 21.8. The van der Waals surface area contributed by atoms with E-state index < -0.39 is 22.1 Å². The Morgan fingerprint density at radius 1 is 1.06 bits per heavy atom. The molecule has 0 unspecified atom stereocenters. The fraction of sp³-hybridized carbons (Fsp3) is 0.462. The number of hydrogen-bond donors (Lipinski definition) is 0. The van der Waals surface area contributed by atoms with Gasteiger partial charge in [0.15, 0.2) is 0 Å². The molecule has 0 radical (unpaired) electrons. The van der Waals surface area contributed by atoms with Crippen molar-refractivity contribution in [3.05, 3.63) is 48.0 Å². The van der Waals surface area contributed by atoms with Crippen LogP contribution in [0.15, 0.2) is 47.4 Å². The highest BCUT2D eigenvalue weighted by molar-refractivity contribution is 7.89. The molecule has 0 bridgehead atoms. The van der Waals surface area contributed by atoms with E-state index in [9.17, 15) is 18.0 Å². The summed E-state index contributed by atoms with van der Waals surface area (Å²) in [6.07, 6.45) is -0.186. The molecule has 1 saturated heterocycles. The van der Waals surface area contributed by atoms with Crippen molar-refractivity contribution in [2.75, 3.05) is 38.8 Å². The van der Waals surface area contributed by atoms with Crippen molar-refractivity contribution in [3.8, 4) is 11.5 Å². The second-order valence-electron chi connectivity index (χ2n) is 9.29. The summed E-state index contributed by atoms with van der Waals surface area (Å²) < 4.78 is 44.4. The highest BCUT2D eigenvalue weighted by Gasteiger charge is 2.39. The Balaban J connectivity index is 1.52. The minimum Gasteiger partial charge on any atom is -0.495 e. The van der Waals surface area contributed by atoms with Gasteiger partial charge in [-0.25, -0.2) is 13.2 Å². The van der Waals surface area contributed by atoms with Crippen molar-refractivity contribution in [2.24, 2.45) is 5.92 Å². The lowest BCUT2D eigenvalue weighted by Crippen LogP contribution is -2.51. The van der Waals surface area contributed by atoms with Gasteiger partial charge >= 0.3 is 5.97 Å². The van der Waals surface area contributed by atoms with Gasteiger partial charge in [-0.3, -0.25) is 4.79 Å². The number of amides is 1. The van der Waals surface area contributed by atoms with Crippen LogP contribution >= 0.6 is 0 Å². The highest BCUT2D eigenvalue weighted by Crippen LogP contribution is 2.37. The molecule has 1 atom stereocenters. The zero-order valence-electron chi connectivity index (χ0n) is 21.0. The van der Waals surface area contributed by atoms with E-state index in [0.717, 1.165) is 5.56 Å². The van der Waals surface area contributed by atoms with E-state index in [2.05, 4.69) is 0 Å². The molecule has 2 aliphatic heterocycles. The number of hydrogen-bond acceptors (Lipinski definition) is 7. The van der Waals surface area contributed by atoms with Crippen LogP contribution < -0.4 is 14.4 Å². The molecule has 2 aliphatic rings. The maximum atomic E-state index is 13.5. The predicted octanol–water partition coefficient (Wildman–Crippen LogP) is 3.19. The summed E-state index contributed by atoms with van der Waals surface area (Å²) in [6.45, 7) is 4.47. The minimum absolute atomic E-state index is 0.0419. The standard InChI is InChI=1S/C26H32N2O7S/c1-17(2)19-9-10-22(33-3)24(15-19)36(31,32)27-13-11-18(12-14-27)25(29)28-16-23(26(30)34-4)35-21-8-6-5-7-20(21)28/h5-10,15,17-18,23H,11-14,16H2,1-4H3/t23-/m1/s1. The van der Waals surface area contributed by atoms with Crippen molar-refractivity contribution in [3.63, 3.8) is 0 Å². The summed E-state index contributed by atoms with van der Waals surface area (Å²) >= 11 is 0. The number of ether oxygens (including phenoxy) is 3. The molecule has 0 aliphatic carbocycles. The molecular weight excluding hydrogens is 484 g/mol. The number of carbonyl (C=O) groups excluding carboxylic acids is 2. The summed E-state index contributed by atoms with van der Waals surface area (Å²) in [5.41, 5.74) is 1.50. The van der Waals surface area contributed by atoms with Gasteiger partial charge in [-0.05, 0) is 48.6 Å². The molecule has 194 valence electrons. The largest absolute Gasteiger partial charge is 0.495 e. The van der Waals surface area contributed by atoms with Crippen molar-refractivity contribution in [1.82, 2.24) is 4.31 Å². The van der Waals surface area contributed by atoms with E-state index in [4.69, 9.17) is 14.2 Å². The number of esters is 1. The molecular formula is C26H32N2O7S. The minimum atomic E-state index is -3.80. The Labute approximate surface area is 212 Å². The molecule has 9 nitrogen and oxygen atoms in total. The molecule has 2 heterocycles. The first-order valence-electron chi connectivity index (χ1n) is 12.0. The summed E-state index contributed by atoms with van der Waals surface area (Å²) in [7, 11) is -1.07. The Kier molecular flexibility index (Phi) is 7.56. The van der Waals surface area contributed by atoms with Crippen molar-refractivity contribution in [2.45, 2.75) is 43.6 Å². The van der Waals surface area contributed by atoms with Crippen molar-refractivity contribution in [1.29, 1.82) is 0 Å². The summed E-state index contributed by atoms with van der Waals surface area (Å²) in [6, 6.07) is 12.3. The number of carbonyl (C=O) groups is 2. The van der Waals surface area contributed by atoms with E-state index >= 15 is 0 Å². The third kappa shape index (κ3) is 4.92. The van der Waals surface area contributed by atoms with Crippen LogP contribution in [0.4, 0.5) is 5.69 Å². The Morgan fingerprint density at radius 3 is 2.39 bits per heavy atom. The van der Waals surface area contributed by atoms with Gasteiger partial charge in [0.2, 0.25) is 22.0 Å². The van der Waals surface area contributed by atoms with Crippen LogP contribution in [0.3, 0.4) is 0 Å². The molecule has 10 heteroatoms. The summed E-state index contributed by atoms with van der Waals surface area (Å²) in [5, 5.41) is 0. The second kappa shape index (κ2) is 10.5. The average Bonchev–Trinajstić information content (AvgIpc) is 2.91. The molecule has 1 amide bonds. The van der Waals surface area contributed by atoms with Gasteiger partial charge in [0.25, 0.3) is 0 Å². The van der Waals surface area contributed by atoms with Crippen molar-refractivity contribution < 1.29 is 32.2 Å². The Bertz CT molecular complexity index is 1240. The average molecular weight is 517 g/mol. The fourth-order valence-corrected chi connectivity index (χ4v) is 6.31. The molecule has 2 aromatic rings. The number of nitrogens with zero attached hydrogens (tertiary/aromatic N) is 2. The Hall–Kier alpha value is -3.11. The first kappa shape index (κ1) is 26.0. The molecule has 4 rings (SSSR count). The van der Waals surface area contributed by atoms with Gasteiger partial charge in [0, 0.05) is 19.0 Å². The van der Waals surface area contributed by atoms with Gasteiger partial charge in [-0.15, -0.1) is 0 Å². The molecule has 0 saturated carbocycles. The molecule has 0 spiro atoms. The first-order chi connectivity index (χ1) is 17.2. The van der Waals surface area contributed by atoms with E-state index in [1.807, 2.05) is 19.9 Å². The van der Waals surface area contributed by atoms with E-state index in [1.165, 1.54) is 18.5 Å². The predicted molar refractivity (Wildman–Crippen MR) is 134 cm³/mol. The number of benzene rings is 2. The lowest BCUT2D eigenvalue weighted by Gasteiger charge is -2.37. The van der Waals surface area contributed by atoms with Crippen LogP contribution in [0, 0.1) is 5.92 Å². The lowest BCUT2D eigenvalue weighted by molar-refractivity contribution is -0.148. The van der Waals surface area contributed by atoms with E-state index in [0.29, 0.717) is 30.0 Å². The third-order valence-electron chi connectivity index (χ3n) is 6.78. The van der Waals surface area contributed by atoms with Gasteiger partial charge in [0.1, 0.15) is 16.4 Å². The van der Waals surface area contributed by atoms with Crippen LogP contribution in [0.5, 0.6) is 11.5 Å². The molecule has 0 N–H and O–H groups in total. The van der Waals surface area contributed by atoms with Crippen LogP contribution in [-0.2, 0) is 24.3 Å². The summed E-state index contributed by atoms with van der Waals surface area (Å²) in [5.74, 6) is -0.193. The number of para-hydroxylation sites is 2. The van der Waals surface area contributed by atoms with Gasteiger partial charge in [-0.1, -0.05) is 32.0 Å². The molecule has 1 fully saturated rings. The third-order valence-corrected chi connectivity index (χ3v) is 8.70. The number of fused-ring (bicyclic) bond motifs is 1. The van der Waals surface area contributed by atoms with E-state index in [-0.39, 0.29) is 42.3 Å². The van der Waals surface area contributed by atoms with Crippen LogP contribution in [0.1, 0.15) is 38.2 Å². The number of sulfonamides is 1. The highest BCUT2D eigenvalue weighted by atomic mass is 32.2. The maximum absolute atomic E-state index is 13.5. The zero-order chi connectivity index (χ0) is 26.0. The van der Waals surface area contributed by atoms with E-state index in [1.54, 1.807) is 41.3 Å². The van der Waals surface area contributed by atoms with Gasteiger partial charge < -0.3 is 19.1 Å². The van der Waals surface area contributed by atoms with Crippen LogP contribution in [0.2, 0.25) is 0 Å². The number of anilines is 1. The fourth-order valence-electron chi connectivity index (χ4n) is 4.65. The number of piperidine rings is 1. The molecule has 0 aromatic heterocycles. The lowest BCUT2D eigenvalue weighted by atomic mass is 9.95. The van der Waals surface area contributed by atoms with Gasteiger partial charge in [-0.2, -0.15) is 4.31 Å². The van der Waals surface area contributed by atoms with Gasteiger partial charge in [0.05, 0.1) is 26.5 Å². The maximum Gasteiger partial charge on any atom is 0.348 e. The Morgan fingerprint density at radius 2 is 1.75 bits per heavy atom.